The molecule has 2 fully saturated rings. The lowest BCUT2D eigenvalue weighted by Crippen LogP contribution is -2.53. The van der Waals surface area contributed by atoms with Crippen LogP contribution in [0.2, 0.25) is 0 Å². The fraction of sp³-hybridized carbons (Fsp3) is 1.00. The van der Waals surface area contributed by atoms with Gasteiger partial charge in [0.1, 0.15) is 0 Å². The third kappa shape index (κ3) is 2.96. The SMILES string of the molecule is CCN1CCC(N2CCNCC(C)(C)S2(=O)=O)CC1. The molecule has 0 amide bonds. The van der Waals surface area contributed by atoms with Crippen molar-refractivity contribution in [2.45, 2.75) is 44.4 Å². The van der Waals surface area contributed by atoms with E-state index >= 15 is 0 Å². The fourth-order valence-corrected chi connectivity index (χ4v) is 4.86. The van der Waals surface area contributed by atoms with E-state index in [0.717, 1.165) is 39.0 Å². The van der Waals surface area contributed by atoms with Crippen LogP contribution >= 0.6 is 0 Å². The van der Waals surface area contributed by atoms with Gasteiger partial charge in [-0.2, -0.15) is 4.31 Å². The smallest absolute Gasteiger partial charge is 0.220 e. The molecule has 0 aromatic heterocycles. The summed E-state index contributed by atoms with van der Waals surface area (Å²) in [4.78, 5) is 2.39. The van der Waals surface area contributed by atoms with Crippen molar-refractivity contribution in [2.75, 3.05) is 39.3 Å². The summed E-state index contributed by atoms with van der Waals surface area (Å²) in [6, 6.07) is 0.187. The summed E-state index contributed by atoms with van der Waals surface area (Å²) in [6.07, 6.45) is 1.92. The Hall–Kier alpha value is -0.170. The molecule has 0 unspecified atom stereocenters. The summed E-state index contributed by atoms with van der Waals surface area (Å²) in [5.74, 6) is 0. The van der Waals surface area contributed by atoms with Crippen molar-refractivity contribution < 1.29 is 8.42 Å². The van der Waals surface area contributed by atoms with Crippen molar-refractivity contribution in [2.24, 2.45) is 0 Å². The highest BCUT2D eigenvalue weighted by atomic mass is 32.2. The third-order valence-corrected chi connectivity index (χ3v) is 7.12. The van der Waals surface area contributed by atoms with Gasteiger partial charge >= 0.3 is 0 Å². The average Bonchev–Trinajstić information content (AvgIpc) is 2.47. The lowest BCUT2D eigenvalue weighted by Gasteiger charge is -2.39. The Labute approximate surface area is 117 Å². The van der Waals surface area contributed by atoms with Crippen LogP contribution in [0, 0.1) is 0 Å². The van der Waals surface area contributed by atoms with Gasteiger partial charge in [0.05, 0.1) is 4.75 Å². The second-order valence-corrected chi connectivity index (χ2v) is 8.74. The fourth-order valence-electron chi connectivity index (χ4n) is 3.01. The average molecular weight is 289 g/mol. The van der Waals surface area contributed by atoms with Gasteiger partial charge in [0.25, 0.3) is 0 Å². The summed E-state index contributed by atoms with van der Waals surface area (Å²) in [5, 5.41) is 3.25. The Morgan fingerprint density at radius 2 is 1.84 bits per heavy atom. The van der Waals surface area contributed by atoms with Gasteiger partial charge < -0.3 is 10.2 Å². The lowest BCUT2D eigenvalue weighted by atomic mass is 10.1. The minimum Gasteiger partial charge on any atom is -0.314 e. The molecule has 0 aromatic carbocycles. The zero-order chi connectivity index (χ0) is 14.1. The number of likely N-dealkylation sites (tertiary alicyclic amines) is 1. The number of sulfonamides is 1. The molecule has 0 aromatic rings. The van der Waals surface area contributed by atoms with Crippen molar-refractivity contribution >= 4 is 10.0 Å². The number of hydrogen-bond acceptors (Lipinski definition) is 4. The first-order valence-corrected chi connectivity index (χ1v) is 8.77. The monoisotopic (exact) mass is 289 g/mol. The largest absolute Gasteiger partial charge is 0.314 e. The number of hydrogen-bond donors (Lipinski definition) is 1. The van der Waals surface area contributed by atoms with Crippen LogP contribution in [0.5, 0.6) is 0 Å². The summed E-state index contributed by atoms with van der Waals surface area (Å²) in [5.41, 5.74) is 0. The maximum Gasteiger partial charge on any atom is 0.220 e. The number of rotatable bonds is 2. The van der Waals surface area contributed by atoms with Gasteiger partial charge in [-0.15, -0.1) is 0 Å². The zero-order valence-corrected chi connectivity index (χ0v) is 13.2. The molecular weight excluding hydrogens is 262 g/mol. The highest BCUT2D eigenvalue weighted by molar-refractivity contribution is 7.90. The Kier molecular flexibility index (Phi) is 4.55. The maximum atomic E-state index is 12.8. The van der Waals surface area contributed by atoms with Crippen LogP contribution in [0.25, 0.3) is 0 Å². The van der Waals surface area contributed by atoms with Crippen LogP contribution in [0.1, 0.15) is 33.6 Å². The molecule has 0 saturated carbocycles. The first-order chi connectivity index (χ1) is 8.88. The summed E-state index contributed by atoms with van der Waals surface area (Å²) in [7, 11) is -3.21. The van der Waals surface area contributed by atoms with Gasteiger partial charge in [0, 0.05) is 25.7 Å². The van der Waals surface area contributed by atoms with E-state index in [1.165, 1.54) is 0 Å². The van der Waals surface area contributed by atoms with Crippen molar-refractivity contribution in [3.8, 4) is 0 Å². The predicted molar refractivity (Wildman–Crippen MR) is 77.7 cm³/mol. The Morgan fingerprint density at radius 3 is 2.42 bits per heavy atom. The van der Waals surface area contributed by atoms with E-state index in [-0.39, 0.29) is 6.04 Å². The van der Waals surface area contributed by atoms with Crippen molar-refractivity contribution in [1.82, 2.24) is 14.5 Å². The summed E-state index contributed by atoms with van der Waals surface area (Å²) < 4.78 is 26.6. The lowest BCUT2D eigenvalue weighted by molar-refractivity contribution is 0.165. The van der Waals surface area contributed by atoms with Gasteiger partial charge in [-0.3, -0.25) is 0 Å². The van der Waals surface area contributed by atoms with Crippen LogP contribution in [-0.4, -0.2) is 67.7 Å². The molecular formula is C13H27N3O2S. The molecule has 0 aliphatic carbocycles. The predicted octanol–water partition coefficient (Wildman–Crippen LogP) is 0.484. The van der Waals surface area contributed by atoms with Crippen molar-refractivity contribution in [3.05, 3.63) is 0 Å². The van der Waals surface area contributed by atoms with Crippen molar-refractivity contribution in [3.63, 3.8) is 0 Å². The topological polar surface area (TPSA) is 52.6 Å². The molecule has 0 atom stereocenters. The number of piperidine rings is 1. The molecule has 5 nitrogen and oxygen atoms in total. The van der Waals surface area contributed by atoms with E-state index in [0.29, 0.717) is 13.1 Å². The first kappa shape index (κ1) is 15.2. The summed E-state index contributed by atoms with van der Waals surface area (Å²) in [6.45, 7) is 10.8. The molecule has 6 heteroatoms. The number of nitrogens with zero attached hydrogens (tertiary/aromatic N) is 2. The van der Waals surface area contributed by atoms with Gasteiger partial charge in [0.15, 0.2) is 0 Å². The van der Waals surface area contributed by atoms with Gasteiger partial charge in [-0.25, -0.2) is 8.42 Å². The molecule has 2 rings (SSSR count). The minimum atomic E-state index is -3.21. The quantitative estimate of drug-likeness (QED) is 0.803. The molecule has 1 N–H and O–H groups in total. The Morgan fingerprint density at radius 1 is 1.21 bits per heavy atom. The molecule has 0 radical (unpaired) electrons. The Bertz CT molecular complexity index is 400. The van der Waals surface area contributed by atoms with Crippen LogP contribution in [-0.2, 0) is 10.0 Å². The highest BCUT2D eigenvalue weighted by Gasteiger charge is 2.43. The number of nitrogens with one attached hydrogen (secondary N) is 1. The van der Waals surface area contributed by atoms with Crippen LogP contribution in [0.4, 0.5) is 0 Å². The molecule has 2 aliphatic heterocycles. The molecule has 0 spiro atoms. The third-order valence-electron chi connectivity index (χ3n) is 4.48. The Balaban J connectivity index is 2.14. The van der Waals surface area contributed by atoms with Crippen molar-refractivity contribution in [1.29, 1.82) is 0 Å². The molecule has 19 heavy (non-hydrogen) atoms. The van der Waals surface area contributed by atoms with Gasteiger partial charge in [0.2, 0.25) is 10.0 Å². The van der Waals surface area contributed by atoms with Crippen LogP contribution < -0.4 is 5.32 Å². The standard InChI is InChI=1S/C13H27N3O2S/c1-4-15-8-5-12(6-9-15)16-10-7-14-11-13(2,3)19(16,17)18/h12,14H,4-11H2,1-3H3. The van der Waals surface area contributed by atoms with E-state index in [9.17, 15) is 8.42 Å². The van der Waals surface area contributed by atoms with Gasteiger partial charge in [-0.05, 0) is 46.3 Å². The second-order valence-electron chi connectivity index (χ2n) is 6.22. The summed E-state index contributed by atoms with van der Waals surface area (Å²) >= 11 is 0. The van der Waals surface area contributed by atoms with E-state index in [4.69, 9.17) is 0 Å². The molecule has 112 valence electrons. The van der Waals surface area contributed by atoms with E-state index in [1.807, 2.05) is 13.8 Å². The van der Waals surface area contributed by atoms with E-state index in [1.54, 1.807) is 4.31 Å². The normalized spacial score (nSPS) is 30.1. The van der Waals surface area contributed by atoms with Gasteiger partial charge in [-0.1, -0.05) is 6.92 Å². The minimum absolute atomic E-state index is 0.187. The molecule has 2 heterocycles. The van der Waals surface area contributed by atoms with Crippen LogP contribution in [0.15, 0.2) is 0 Å². The highest BCUT2D eigenvalue weighted by Crippen LogP contribution is 2.28. The van der Waals surface area contributed by atoms with Crippen LogP contribution in [0.3, 0.4) is 0 Å². The van der Waals surface area contributed by atoms with E-state index < -0.39 is 14.8 Å². The van der Waals surface area contributed by atoms with E-state index in [2.05, 4.69) is 17.1 Å². The first-order valence-electron chi connectivity index (χ1n) is 7.33. The molecule has 0 bridgehead atoms. The maximum absolute atomic E-state index is 12.8. The molecule has 2 saturated heterocycles. The second kappa shape index (κ2) is 5.68. The molecule has 2 aliphatic rings. The zero-order valence-electron chi connectivity index (χ0n) is 12.4.